The number of nitrogens with one attached hydrogen (secondary N) is 1. The van der Waals surface area contributed by atoms with Crippen LogP contribution in [0.25, 0.3) is 0 Å². The number of likely N-dealkylation sites (tertiary alicyclic amines) is 1. The van der Waals surface area contributed by atoms with Gasteiger partial charge in [0.2, 0.25) is 0 Å². The topological polar surface area (TPSA) is 52.2 Å². The van der Waals surface area contributed by atoms with Gasteiger partial charge in [-0.15, -0.1) is 0 Å². The van der Waals surface area contributed by atoms with Crippen LogP contribution in [0.4, 0.5) is 0 Å². The summed E-state index contributed by atoms with van der Waals surface area (Å²) in [6.07, 6.45) is 15.7. The van der Waals surface area contributed by atoms with E-state index in [0.717, 1.165) is 24.8 Å². The number of aromatic nitrogens is 2. The monoisotopic (exact) mass is 384 g/mol. The summed E-state index contributed by atoms with van der Waals surface area (Å²) in [5.41, 5.74) is 0.668. The molecule has 3 aliphatic heterocycles. The van der Waals surface area contributed by atoms with Crippen LogP contribution < -0.4 is 0 Å². The summed E-state index contributed by atoms with van der Waals surface area (Å²) in [5.74, 6) is 3.22. The molecule has 1 aliphatic carbocycles. The fraction of sp³-hybridized carbons (Fsp3) is 0.826. The number of aromatic amines is 1. The number of imidazole rings is 1. The molecule has 0 aromatic carbocycles. The van der Waals surface area contributed by atoms with Gasteiger partial charge in [-0.2, -0.15) is 0 Å². The Morgan fingerprint density at radius 2 is 1.89 bits per heavy atom. The average Bonchev–Trinajstić information content (AvgIpc) is 3.17. The number of nitrogens with zero attached hydrogens (tertiary/aromatic N) is 3. The number of fused-ring (bicyclic) bond motifs is 4. The molecular weight excluding hydrogens is 348 g/mol. The molecule has 3 saturated heterocycles. The van der Waals surface area contributed by atoms with E-state index in [-0.39, 0.29) is 5.91 Å². The number of rotatable bonds is 3. The zero-order valence-electron chi connectivity index (χ0n) is 17.4. The minimum absolute atomic E-state index is 0.163. The summed E-state index contributed by atoms with van der Waals surface area (Å²) in [6, 6.07) is 1.40. The number of H-pyrrole nitrogens is 1. The Hall–Kier alpha value is -1.36. The smallest absolute Gasteiger partial charge is 0.271 e. The second-order valence-corrected chi connectivity index (χ2v) is 9.96. The minimum Gasteiger partial charge on any atom is -0.338 e. The molecule has 28 heavy (non-hydrogen) atoms. The highest BCUT2D eigenvalue weighted by atomic mass is 16.2. The van der Waals surface area contributed by atoms with Crippen molar-refractivity contribution in [2.45, 2.75) is 83.2 Å². The largest absolute Gasteiger partial charge is 0.338 e. The standard InChI is InChI=1S/C23H36N4O/c1-16-24-13-20(25-16)23(28)26-14-18-12-19(15-26)22(11-17-7-3-2-4-8-17)27-10-6-5-9-21(18)27/h13,17-19,21-22H,2-12,14-15H2,1H3,(H,24,25)/t18-,19+,21+,22+/m1/s1. The van der Waals surface area contributed by atoms with Crippen molar-refractivity contribution in [2.75, 3.05) is 19.6 Å². The van der Waals surface area contributed by atoms with Gasteiger partial charge in [-0.05, 0) is 56.9 Å². The summed E-state index contributed by atoms with van der Waals surface area (Å²) in [4.78, 5) is 25.6. The molecule has 4 fully saturated rings. The normalized spacial score (nSPS) is 34.2. The van der Waals surface area contributed by atoms with Gasteiger partial charge in [0.05, 0.1) is 6.20 Å². The maximum Gasteiger partial charge on any atom is 0.271 e. The summed E-state index contributed by atoms with van der Waals surface area (Å²) >= 11 is 0. The Morgan fingerprint density at radius 3 is 2.68 bits per heavy atom. The number of carbonyl (C=O) groups excluding carboxylic acids is 1. The van der Waals surface area contributed by atoms with Crippen molar-refractivity contribution in [3.63, 3.8) is 0 Å². The van der Waals surface area contributed by atoms with Crippen LogP contribution in [0, 0.1) is 24.7 Å². The van der Waals surface area contributed by atoms with E-state index in [9.17, 15) is 4.79 Å². The van der Waals surface area contributed by atoms with Gasteiger partial charge in [-0.3, -0.25) is 9.69 Å². The van der Waals surface area contributed by atoms with E-state index in [1.165, 1.54) is 70.8 Å². The van der Waals surface area contributed by atoms with E-state index in [1.54, 1.807) is 6.20 Å². The Bertz CT molecular complexity index is 695. The van der Waals surface area contributed by atoms with Crippen LogP contribution in [0.3, 0.4) is 0 Å². The molecule has 2 bridgehead atoms. The molecule has 0 radical (unpaired) electrons. The molecule has 4 aliphatic rings. The lowest BCUT2D eigenvalue weighted by molar-refractivity contribution is -0.0726. The molecule has 0 unspecified atom stereocenters. The van der Waals surface area contributed by atoms with Gasteiger partial charge in [-0.1, -0.05) is 38.5 Å². The Morgan fingerprint density at radius 1 is 1.11 bits per heavy atom. The van der Waals surface area contributed by atoms with Gasteiger partial charge in [0.25, 0.3) is 5.91 Å². The van der Waals surface area contributed by atoms with Crippen LogP contribution in [0.2, 0.25) is 0 Å². The predicted octanol–water partition coefficient (Wildman–Crippen LogP) is 4.00. The van der Waals surface area contributed by atoms with E-state index in [0.29, 0.717) is 29.6 Å². The van der Waals surface area contributed by atoms with Gasteiger partial charge < -0.3 is 9.88 Å². The van der Waals surface area contributed by atoms with Crippen LogP contribution >= 0.6 is 0 Å². The molecule has 5 nitrogen and oxygen atoms in total. The molecule has 154 valence electrons. The zero-order valence-corrected chi connectivity index (χ0v) is 17.4. The van der Waals surface area contributed by atoms with Crippen LogP contribution in [0.5, 0.6) is 0 Å². The number of carbonyl (C=O) groups is 1. The van der Waals surface area contributed by atoms with Gasteiger partial charge in [-0.25, -0.2) is 4.98 Å². The lowest BCUT2D eigenvalue weighted by atomic mass is 9.69. The quantitative estimate of drug-likeness (QED) is 0.857. The summed E-state index contributed by atoms with van der Waals surface area (Å²) < 4.78 is 0. The number of hydrogen-bond donors (Lipinski definition) is 1. The SMILES string of the molecule is Cc1ncc(C(=O)N2C[C@H]3C[C@@H](C2)[C@H](CC2CCCCC2)N2CCCC[C@@H]32)[nH]1. The van der Waals surface area contributed by atoms with Crippen LogP contribution in [-0.2, 0) is 0 Å². The van der Waals surface area contributed by atoms with Gasteiger partial charge in [0.1, 0.15) is 11.5 Å². The molecule has 1 saturated carbocycles. The van der Waals surface area contributed by atoms with E-state index in [1.807, 2.05) is 6.92 Å². The fourth-order valence-corrected chi connectivity index (χ4v) is 6.86. The van der Waals surface area contributed by atoms with Crippen LogP contribution in [0.1, 0.15) is 80.5 Å². The minimum atomic E-state index is 0.163. The first-order valence-electron chi connectivity index (χ1n) is 11.8. The highest BCUT2D eigenvalue weighted by Gasteiger charge is 2.48. The Balaban J connectivity index is 1.36. The summed E-state index contributed by atoms with van der Waals surface area (Å²) in [7, 11) is 0. The maximum absolute atomic E-state index is 13.1. The molecule has 4 atom stereocenters. The second kappa shape index (κ2) is 7.81. The number of piperidine rings is 3. The fourth-order valence-electron chi connectivity index (χ4n) is 6.86. The summed E-state index contributed by atoms with van der Waals surface area (Å²) in [5, 5.41) is 0. The van der Waals surface area contributed by atoms with E-state index >= 15 is 0 Å². The van der Waals surface area contributed by atoms with Gasteiger partial charge in [0, 0.05) is 25.2 Å². The van der Waals surface area contributed by atoms with E-state index in [4.69, 9.17) is 0 Å². The van der Waals surface area contributed by atoms with Crippen molar-refractivity contribution in [1.29, 1.82) is 0 Å². The Kier molecular flexibility index (Phi) is 5.20. The lowest BCUT2D eigenvalue weighted by Crippen LogP contribution is -2.64. The van der Waals surface area contributed by atoms with Crippen molar-refractivity contribution < 1.29 is 4.79 Å². The Labute approximate surface area is 169 Å². The van der Waals surface area contributed by atoms with Crippen LogP contribution in [-0.4, -0.2) is 57.4 Å². The molecule has 0 spiro atoms. The van der Waals surface area contributed by atoms with E-state index in [2.05, 4.69) is 19.8 Å². The molecule has 1 aromatic heterocycles. The molecule has 1 N–H and O–H groups in total. The van der Waals surface area contributed by atoms with E-state index < -0.39 is 0 Å². The first kappa shape index (κ1) is 18.7. The third-order valence-corrected chi connectivity index (χ3v) is 8.14. The molecule has 1 aromatic rings. The van der Waals surface area contributed by atoms with Crippen LogP contribution in [0.15, 0.2) is 6.20 Å². The first-order valence-corrected chi connectivity index (χ1v) is 11.8. The number of amides is 1. The second-order valence-electron chi connectivity index (χ2n) is 9.96. The molecule has 5 heteroatoms. The lowest BCUT2D eigenvalue weighted by Gasteiger charge is -2.57. The van der Waals surface area contributed by atoms with Crippen molar-refractivity contribution in [3.8, 4) is 0 Å². The highest BCUT2D eigenvalue weighted by molar-refractivity contribution is 5.92. The highest BCUT2D eigenvalue weighted by Crippen LogP contribution is 2.44. The number of hydrogen-bond acceptors (Lipinski definition) is 3. The molecule has 4 heterocycles. The van der Waals surface area contributed by atoms with Crippen molar-refractivity contribution in [2.24, 2.45) is 17.8 Å². The molecule has 5 rings (SSSR count). The van der Waals surface area contributed by atoms with Gasteiger partial charge in [0.15, 0.2) is 0 Å². The maximum atomic E-state index is 13.1. The first-order chi connectivity index (χ1) is 13.7. The predicted molar refractivity (Wildman–Crippen MR) is 110 cm³/mol. The zero-order chi connectivity index (χ0) is 19.1. The van der Waals surface area contributed by atoms with Crippen molar-refractivity contribution >= 4 is 5.91 Å². The average molecular weight is 385 g/mol. The third-order valence-electron chi connectivity index (χ3n) is 8.14. The van der Waals surface area contributed by atoms with Gasteiger partial charge >= 0.3 is 0 Å². The van der Waals surface area contributed by atoms with Crippen molar-refractivity contribution in [3.05, 3.63) is 17.7 Å². The molecule has 1 amide bonds. The summed E-state index contributed by atoms with van der Waals surface area (Å²) in [6.45, 7) is 5.09. The van der Waals surface area contributed by atoms with Crippen molar-refractivity contribution in [1.82, 2.24) is 19.8 Å². The number of aryl methyl sites for hydroxylation is 1. The third kappa shape index (κ3) is 3.51. The molecular formula is C23H36N4O.